The van der Waals surface area contributed by atoms with Crippen molar-refractivity contribution in [2.45, 2.75) is 46.2 Å². The number of nitrogens with zero attached hydrogens (tertiary/aromatic N) is 1. The van der Waals surface area contributed by atoms with Crippen LogP contribution < -0.4 is 5.73 Å². The SMILES string of the molecule is C=CCSCCn1c(C)cc2c1CC(C)(C)CC2N. The van der Waals surface area contributed by atoms with E-state index in [0.29, 0.717) is 5.41 Å². The Balaban J connectivity index is 2.18. The monoisotopic (exact) mass is 278 g/mol. The van der Waals surface area contributed by atoms with Gasteiger partial charge in [0.25, 0.3) is 0 Å². The van der Waals surface area contributed by atoms with E-state index >= 15 is 0 Å². The smallest absolute Gasteiger partial charge is 0.0318 e. The first-order valence-corrected chi connectivity index (χ1v) is 8.23. The minimum absolute atomic E-state index is 0.208. The molecule has 3 heteroatoms. The molecule has 0 saturated heterocycles. The first-order chi connectivity index (χ1) is 8.94. The van der Waals surface area contributed by atoms with Crippen molar-refractivity contribution in [1.82, 2.24) is 4.57 Å². The molecule has 0 fully saturated rings. The van der Waals surface area contributed by atoms with E-state index in [2.05, 4.69) is 38.0 Å². The Hall–Kier alpha value is -0.670. The predicted octanol–water partition coefficient (Wildman–Crippen LogP) is 3.69. The highest BCUT2D eigenvalue weighted by molar-refractivity contribution is 7.99. The Labute approximate surface area is 121 Å². The van der Waals surface area contributed by atoms with Gasteiger partial charge in [-0.25, -0.2) is 0 Å². The molecular weight excluding hydrogens is 252 g/mol. The Morgan fingerprint density at radius 1 is 1.58 bits per heavy atom. The van der Waals surface area contributed by atoms with Crippen molar-refractivity contribution in [2.24, 2.45) is 11.1 Å². The number of aromatic nitrogens is 1. The third kappa shape index (κ3) is 3.26. The van der Waals surface area contributed by atoms with Crippen LogP contribution in [0.5, 0.6) is 0 Å². The van der Waals surface area contributed by atoms with E-state index in [1.165, 1.54) is 17.0 Å². The highest BCUT2D eigenvalue weighted by atomic mass is 32.2. The zero-order valence-corrected chi connectivity index (χ0v) is 13.2. The summed E-state index contributed by atoms with van der Waals surface area (Å²) >= 11 is 1.94. The van der Waals surface area contributed by atoms with Crippen LogP contribution in [0.1, 0.15) is 43.3 Å². The number of rotatable bonds is 5. The Morgan fingerprint density at radius 2 is 2.32 bits per heavy atom. The molecule has 1 aliphatic rings. The van der Waals surface area contributed by atoms with Crippen LogP contribution in [0, 0.1) is 12.3 Å². The molecular formula is C16H26N2S. The highest BCUT2D eigenvalue weighted by Crippen LogP contribution is 2.40. The summed E-state index contributed by atoms with van der Waals surface area (Å²) in [6, 6.07) is 2.51. The lowest BCUT2D eigenvalue weighted by Crippen LogP contribution is -2.30. The van der Waals surface area contributed by atoms with E-state index < -0.39 is 0 Å². The van der Waals surface area contributed by atoms with Crippen LogP contribution in [-0.4, -0.2) is 16.1 Å². The first-order valence-electron chi connectivity index (χ1n) is 7.08. The fourth-order valence-electron chi connectivity index (χ4n) is 3.14. The minimum Gasteiger partial charge on any atom is -0.348 e. The lowest BCUT2D eigenvalue weighted by Gasteiger charge is -2.34. The molecule has 106 valence electrons. The van der Waals surface area contributed by atoms with Crippen LogP contribution in [0.2, 0.25) is 0 Å². The molecule has 2 nitrogen and oxygen atoms in total. The summed E-state index contributed by atoms with van der Waals surface area (Å²) in [6.45, 7) is 11.7. The van der Waals surface area contributed by atoms with Gasteiger partial charge in [-0.15, -0.1) is 6.58 Å². The summed E-state index contributed by atoms with van der Waals surface area (Å²) < 4.78 is 2.48. The molecule has 1 aliphatic carbocycles. The highest BCUT2D eigenvalue weighted by Gasteiger charge is 2.33. The number of aryl methyl sites for hydroxylation is 1. The molecule has 0 amide bonds. The average Bonchev–Trinajstić information content (AvgIpc) is 2.61. The van der Waals surface area contributed by atoms with Gasteiger partial charge in [-0.2, -0.15) is 11.8 Å². The minimum atomic E-state index is 0.208. The standard InChI is InChI=1S/C16H26N2S/c1-5-7-19-8-6-18-12(2)9-13-14(17)10-16(3,4)11-15(13)18/h5,9,14H,1,6-8,10-11,17H2,2-4H3. The predicted molar refractivity (Wildman–Crippen MR) is 85.7 cm³/mol. The molecule has 0 radical (unpaired) electrons. The molecule has 2 N–H and O–H groups in total. The van der Waals surface area contributed by atoms with Crippen molar-refractivity contribution in [3.63, 3.8) is 0 Å². The van der Waals surface area contributed by atoms with Gasteiger partial charge in [0.1, 0.15) is 0 Å². The van der Waals surface area contributed by atoms with Crippen LogP contribution in [0.3, 0.4) is 0 Å². The number of thioether (sulfide) groups is 1. The van der Waals surface area contributed by atoms with E-state index in [-0.39, 0.29) is 6.04 Å². The van der Waals surface area contributed by atoms with Crippen LogP contribution in [0.15, 0.2) is 18.7 Å². The lowest BCUT2D eigenvalue weighted by molar-refractivity contribution is 0.275. The van der Waals surface area contributed by atoms with Crippen LogP contribution in [0.25, 0.3) is 0 Å². The maximum Gasteiger partial charge on any atom is 0.0318 e. The number of hydrogen-bond acceptors (Lipinski definition) is 2. The Bertz CT molecular complexity index is 460. The topological polar surface area (TPSA) is 30.9 Å². The van der Waals surface area contributed by atoms with Crippen LogP contribution in [-0.2, 0) is 13.0 Å². The summed E-state index contributed by atoms with van der Waals surface area (Å²) in [5, 5.41) is 0. The third-order valence-corrected chi connectivity index (χ3v) is 4.90. The molecule has 1 unspecified atom stereocenters. The summed E-state index contributed by atoms with van der Waals surface area (Å²) in [5.74, 6) is 2.18. The average molecular weight is 278 g/mol. The second-order valence-electron chi connectivity index (χ2n) is 6.35. The molecule has 19 heavy (non-hydrogen) atoms. The maximum absolute atomic E-state index is 6.35. The van der Waals surface area contributed by atoms with E-state index in [1.54, 1.807) is 0 Å². The van der Waals surface area contributed by atoms with Gasteiger partial charge in [0, 0.05) is 35.5 Å². The summed E-state index contributed by atoms with van der Waals surface area (Å²) in [4.78, 5) is 0. The van der Waals surface area contributed by atoms with Crippen molar-refractivity contribution < 1.29 is 0 Å². The van der Waals surface area contributed by atoms with Gasteiger partial charge in [-0.3, -0.25) is 0 Å². The molecule has 0 bridgehead atoms. The number of nitrogens with two attached hydrogens (primary N) is 1. The molecule has 1 atom stereocenters. The summed E-state index contributed by atoms with van der Waals surface area (Å²) in [6.07, 6.45) is 4.21. The number of hydrogen-bond donors (Lipinski definition) is 1. The molecule has 1 aromatic rings. The lowest BCUT2D eigenvalue weighted by atomic mass is 9.74. The van der Waals surface area contributed by atoms with E-state index in [0.717, 1.165) is 30.9 Å². The second-order valence-corrected chi connectivity index (χ2v) is 7.50. The van der Waals surface area contributed by atoms with E-state index in [9.17, 15) is 0 Å². The summed E-state index contributed by atoms with van der Waals surface area (Å²) in [7, 11) is 0. The molecule has 1 aromatic heterocycles. The molecule has 0 saturated carbocycles. The number of fused-ring (bicyclic) bond motifs is 1. The van der Waals surface area contributed by atoms with Gasteiger partial charge < -0.3 is 10.3 Å². The molecule has 2 rings (SSSR count). The van der Waals surface area contributed by atoms with Gasteiger partial charge in [0.15, 0.2) is 0 Å². The van der Waals surface area contributed by atoms with Crippen LogP contribution >= 0.6 is 11.8 Å². The van der Waals surface area contributed by atoms with E-state index in [4.69, 9.17) is 5.73 Å². The quantitative estimate of drug-likeness (QED) is 0.658. The fourth-order valence-corrected chi connectivity index (χ4v) is 3.78. The van der Waals surface area contributed by atoms with Gasteiger partial charge in [-0.1, -0.05) is 19.9 Å². The van der Waals surface area contributed by atoms with Crippen LogP contribution in [0.4, 0.5) is 0 Å². The van der Waals surface area contributed by atoms with Gasteiger partial charge in [-0.05, 0) is 36.8 Å². The first kappa shape index (κ1) is 14.7. The maximum atomic E-state index is 6.35. The van der Waals surface area contributed by atoms with Crippen molar-refractivity contribution in [1.29, 1.82) is 0 Å². The Morgan fingerprint density at radius 3 is 3.00 bits per heavy atom. The van der Waals surface area contributed by atoms with Crippen molar-refractivity contribution in [3.05, 3.63) is 35.7 Å². The largest absolute Gasteiger partial charge is 0.348 e. The zero-order valence-electron chi connectivity index (χ0n) is 12.4. The van der Waals surface area contributed by atoms with Gasteiger partial charge >= 0.3 is 0 Å². The Kier molecular flexibility index (Phi) is 4.46. The van der Waals surface area contributed by atoms with Crippen molar-refractivity contribution >= 4 is 11.8 Å². The fraction of sp³-hybridized carbons (Fsp3) is 0.625. The molecule has 0 aromatic carbocycles. The molecule has 0 aliphatic heterocycles. The van der Waals surface area contributed by atoms with Crippen molar-refractivity contribution in [2.75, 3.05) is 11.5 Å². The molecule has 1 heterocycles. The normalized spacial score (nSPS) is 21.2. The van der Waals surface area contributed by atoms with E-state index in [1.807, 2.05) is 17.8 Å². The van der Waals surface area contributed by atoms with Gasteiger partial charge in [0.05, 0.1) is 0 Å². The van der Waals surface area contributed by atoms with Crippen molar-refractivity contribution in [3.8, 4) is 0 Å². The zero-order chi connectivity index (χ0) is 14.0. The summed E-state index contributed by atoms with van der Waals surface area (Å²) in [5.41, 5.74) is 10.9. The second kappa shape index (κ2) is 5.76. The van der Waals surface area contributed by atoms with Gasteiger partial charge in [0.2, 0.25) is 0 Å². The third-order valence-electron chi connectivity index (χ3n) is 3.96. The molecule has 0 spiro atoms.